The number of carbonyl (C=O) groups is 1. The molecule has 2 nitrogen and oxygen atoms in total. The normalized spacial score (nSPS) is 34.1. The van der Waals surface area contributed by atoms with E-state index in [0.29, 0.717) is 29.6 Å². The average Bonchev–Trinajstić information content (AvgIpc) is 2.47. The Morgan fingerprint density at radius 3 is 2.57 bits per heavy atom. The van der Waals surface area contributed by atoms with E-state index in [4.69, 9.17) is 4.74 Å². The van der Waals surface area contributed by atoms with Crippen LogP contribution in [0.2, 0.25) is 0 Å². The van der Waals surface area contributed by atoms with Gasteiger partial charge < -0.3 is 4.74 Å². The van der Waals surface area contributed by atoms with Crippen LogP contribution in [0.1, 0.15) is 61.3 Å². The first-order valence-corrected chi connectivity index (χ1v) is 9.28. The molecule has 0 aliphatic heterocycles. The molecule has 0 aromatic heterocycles. The van der Waals surface area contributed by atoms with Gasteiger partial charge in [-0.3, -0.25) is 4.79 Å². The van der Waals surface area contributed by atoms with Gasteiger partial charge in [-0.25, -0.2) is 0 Å². The molecule has 0 N–H and O–H groups in total. The van der Waals surface area contributed by atoms with E-state index in [1.165, 1.54) is 5.57 Å². The van der Waals surface area contributed by atoms with Crippen LogP contribution in [-0.2, 0) is 9.53 Å². The number of hydrogen-bond acceptors (Lipinski definition) is 2. The number of rotatable bonds is 4. The summed E-state index contributed by atoms with van der Waals surface area (Å²) in [6, 6.07) is 0. The highest BCUT2D eigenvalue weighted by atomic mass is 16.5. The van der Waals surface area contributed by atoms with E-state index in [0.717, 1.165) is 12.8 Å². The highest BCUT2D eigenvalue weighted by Gasteiger charge is 2.43. The fourth-order valence-electron chi connectivity index (χ4n) is 4.17. The summed E-state index contributed by atoms with van der Waals surface area (Å²) in [6.07, 6.45) is 8.77. The van der Waals surface area contributed by atoms with E-state index in [2.05, 4.69) is 52.8 Å². The molecule has 0 bridgehead atoms. The number of hydrogen-bond donors (Lipinski definition) is 0. The molecule has 130 valence electrons. The lowest BCUT2D eigenvalue weighted by atomic mass is 9.63. The van der Waals surface area contributed by atoms with Gasteiger partial charge in [0, 0.05) is 5.92 Å². The van der Waals surface area contributed by atoms with Crippen LogP contribution in [-0.4, -0.2) is 12.1 Å². The van der Waals surface area contributed by atoms with Gasteiger partial charge in [-0.2, -0.15) is 0 Å². The van der Waals surface area contributed by atoms with Crippen LogP contribution in [0.5, 0.6) is 0 Å². The van der Waals surface area contributed by atoms with Crippen LogP contribution >= 0.6 is 0 Å². The van der Waals surface area contributed by atoms with Gasteiger partial charge in [0.1, 0.15) is 6.10 Å². The molecular formula is C21H34O2. The summed E-state index contributed by atoms with van der Waals surface area (Å²) in [4.78, 5) is 12.6. The quantitative estimate of drug-likeness (QED) is 0.649. The highest BCUT2D eigenvalue weighted by molar-refractivity contribution is 5.76. The molecule has 0 fully saturated rings. The molecule has 23 heavy (non-hydrogen) atoms. The number of esters is 1. The zero-order valence-electron chi connectivity index (χ0n) is 15.9. The second-order valence-corrected chi connectivity index (χ2v) is 8.63. The smallest absolute Gasteiger partial charge is 0.311 e. The van der Waals surface area contributed by atoms with Crippen LogP contribution in [0, 0.1) is 35.0 Å². The van der Waals surface area contributed by atoms with Crippen LogP contribution in [0.3, 0.4) is 0 Å². The largest absolute Gasteiger partial charge is 0.461 e. The van der Waals surface area contributed by atoms with Crippen molar-refractivity contribution in [3.8, 4) is 0 Å². The Bertz CT molecular complexity index is 498. The molecule has 0 saturated heterocycles. The third-order valence-corrected chi connectivity index (χ3v) is 5.95. The van der Waals surface area contributed by atoms with Crippen LogP contribution in [0.15, 0.2) is 23.8 Å². The Hall–Kier alpha value is -1.05. The van der Waals surface area contributed by atoms with Crippen molar-refractivity contribution >= 4 is 5.97 Å². The summed E-state index contributed by atoms with van der Waals surface area (Å²) in [5, 5.41) is 0. The van der Waals surface area contributed by atoms with Crippen LogP contribution in [0.4, 0.5) is 0 Å². The van der Waals surface area contributed by atoms with E-state index < -0.39 is 5.41 Å². The standard InChI is InChI=1S/C21H34O2/c1-8-21(6,7)20(22)23-17-12-14(4)11-16-10-9-15(5)18(13(2)3)19(16)17/h9-11,13-15,17-19H,8,12H2,1-7H3/t14-,15?,17-,18?,19?/m0/s1. The van der Waals surface area contributed by atoms with E-state index in [-0.39, 0.29) is 12.1 Å². The van der Waals surface area contributed by atoms with Crippen molar-refractivity contribution in [2.24, 2.45) is 35.0 Å². The first kappa shape index (κ1) is 18.3. The zero-order chi connectivity index (χ0) is 17.4. The number of fused-ring (bicyclic) bond motifs is 1. The van der Waals surface area contributed by atoms with Crippen molar-refractivity contribution in [3.63, 3.8) is 0 Å². The van der Waals surface area contributed by atoms with Gasteiger partial charge in [-0.1, -0.05) is 52.8 Å². The Morgan fingerprint density at radius 2 is 2.00 bits per heavy atom. The molecule has 0 aromatic carbocycles. The van der Waals surface area contributed by atoms with Crippen molar-refractivity contribution in [1.29, 1.82) is 0 Å². The number of ether oxygens (including phenoxy) is 1. The van der Waals surface area contributed by atoms with Crippen molar-refractivity contribution in [2.45, 2.75) is 67.4 Å². The molecule has 2 aliphatic carbocycles. The molecule has 5 atom stereocenters. The van der Waals surface area contributed by atoms with E-state index in [9.17, 15) is 4.79 Å². The van der Waals surface area contributed by atoms with Gasteiger partial charge in [-0.05, 0) is 55.9 Å². The lowest BCUT2D eigenvalue weighted by molar-refractivity contribution is -0.165. The molecule has 0 heterocycles. The highest BCUT2D eigenvalue weighted by Crippen LogP contribution is 2.46. The minimum absolute atomic E-state index is 0.0168. The number of allylic oxidation sites excluding steroid dienone is 3. The van der Waals surface area contributed by atoms with Crippen molar-refractivity contribution in [3.05, 3.63) is 23.8 Å². The maximum Gasteiger partial charge on any atom is 0.311 e. The van der Waals surface area contributed by atoms with Crippen LogP contribution in [0.25, 0.3) is 0 Å². The van der Waals surface area contributed by atoms with Gasteiger partial charge in [-0.15, -0.1) is 0 Å². The van der Waals surface area contributed by atoms with Crippen LogP contribution < -0.4 is 0 Å². The molecule has 0 saturated carbocycles. The zero-order valence-corrected chi connectivity index (χ0v) is 15.9. The first-order chi connectivity index (χ1) is 10.7. The Balaban J connectivity index is 2.30. The molecule has 2 heteroatoms. The summed E-state index contributed by atoms with van der Waals surface area (Å²) < 4.78 is 6.10. The topological polar surface area (TPSA) is 26.3 Å². The van der Waals surface area contributed by atoms with E-state index in [1.807, 2.05) is 13.8 Å². The monoisotopic (exact) mass is 318 g/mol. The number of carbonyl (C=O) groups excluding carboxylic acids is 1. The third-order valence-electron chi connectivity index (χ3n) is 5.95. The molecule has 2 aliphatic rings. The molecule has 0 spiro atoms. The SMILES string of the molecule is CCC(C)(C)C(=O)O[C@H]1C[C@@H](C)C=C2C=CC(C)C(C(C)C)C21. The summed E-state index contributed by atoms with van der Waals surface area (Å²) in [7, 11) is 0. The Morgan fingerprint density at radius 1 is 1.35 bits per heavy atom. The molecule has 0 amide bonds. The second-order valence-electron chi connectivity index (χ2n) is 8.63. The van der Waals surface area contributed by atoms with E-state index in [1.54, 1.807) is 0 Å². The predicted molar refractivity (Wildman–Crippen MR) is 95.9 cm³/mol. The Labute approximate surface area is 142 Å². The molecule has 0 radical (unpaired) electrons. The molecular weight excluding hydrogens is 284 g/mol. The first-order valence-electron chi connectivity index (χ1n) is 9.28. The van der Waals surface area contributed by atoms with Gasteiger partial charge in [0.05, 0.1) is 5.41 Å². The Kier molecular flexibility index (Phi) is 5.43. The maximum atomic E-state index is 12.6. The van der Waals surface area contributed by atoms with Gasteiger partial charge in [0.2, 0.25) is 0 Å². The third kappa shape index (κ3) is 3.72. The van der Waals surface area contributed by atoms with Crippen molar-refractivity contribution in [1.82, 2.24) is 0 Å². The summed E-state index contributed by atoms with van der Waals surface area (Å²) in [5.74, 6) is 2.44. The van der Waals surface area contributed by atoms with Crippen molar-refractivity contribution < 1.29 is 9.53 Å². The fraction of sp³-hybridized carbons (Fsp3) is 0.762. The van der Waals surface area contributed by atoms with Gasteiger partial charge >= 0.3 is 5.97 Å². The summed E-state index contributed by atoms with van der Waals surface area (Å²) >= 11 is 0. The molecule has 3 unspecified atom stereocenters. The fourth-order valence-corrected chi connectivity index (χ4v) is 4.17. The van der Waals surface area contributed by atoms with Gasteiger partial charge in [0.25, 0.3) is 0 Å². The van der Waals surface area contributed by atoms with Gasteiger partial charge in [0.15, 0.2) is 0 Å². The predicted octanol–water partition coefficient (Wildman–Crippen LogP) is 5.39. The lowest BCUT2D eigenvalue weighted by Crippen LogP contribution is -2.44. The lowest BCUT2D eigenvalue weighted by Gasteiger charge is -2.45. The van der Waals surface area contributed by atoms with Crippen molar-refractivity contribution in [2.75, 3.05) is 0 Å². The van der Waals surface area contributed by atoms with E-state index >= 15 is 0 Å². The summed E-state index contributed by atoms with van der Waals surface area (Å²) in [6.45, 7) is 15.1. The molecule has 2 rings (SSSR count). The maximum absolute atomic E-state index is 12.6. The minimum atomic E-state index is -0.395. The second kappa shape index (κ2) is 6.83. The molecule has 0 aromatic rings. The minimum Gasteiger partial charge on any atom is -0.461 e. The average molecular weight is 319 g/mol. The summed E-state index contributed by atoms with van der Waals surface area (Å²) in [5.41, 5.74) is 0.987.